The van der Waals surface area contributed by atoms with Crippen molar-refractivity contribution in [3.8, 4) is 0 Å². The van der Waals surface area contributed by atoms with Crippen LogP contribution in [0, 0.1) is 0 Å². The molecule has 3 rings (SSSR count). The SMILES string of the molecule is CN1CCC(c2[nH]nc3nccnc23)CC1. The predicted molar refractivity (Wildman–Crippen MR) is 61.2 cm³/mol. The molecule has 3 heterocycles. The van der Waals surface area contributed by atoms with Crippen LogP contribution in [0.4, 0.5) is 0 Å². The quantitative estimate of drug-likeness (QED) is 0.778. The maximum Gasteiger partial charge on any atom is 0.199 e. The maximum atomic E-state index is 4.37. The number of hydrogen-bond acceptors (Lipinski definition) is 4. The number of rotatable bonds is 1. The molecule has 0 radical (unpaired) electrons. The van der Waals surface area contributed by atoms with E-state index in [0.717, 1.165) is 29.9 Å². The van der Waals surface area contributed by atoms with Crippen molar-refractivity contribution in [2.75, 3.05) is 20.1 Å². The number of piperidine rings is 1. The van der Waals surface area contributed by atoms with Crippen molar-refractivity contribution in [1.29, 1.82) is 0 Å². The number of fused-ring (bicyclic) bond motifs is 1. The number of likely N-dealkylation sites (tertiary alicyclic amines) is 1. The molecular weight excluding hydrogens is 202 g/mol. The zero-order valence-electron chi connectivity index (χ0n) is 9.35. The molecule has 0 aliphatic carbocycles. The zero-order valence-corrected chi connectivity index (χ0v) is 9.35. The molecule has 1 aliphatic heterocycles. The molecule has 84 valence electrons. The highest BCUT2D eigenvalue weighted by atomic mass is 15.2. The fourth-order valence-electron chi connectivity index (χ4n) is 2.35. The van der Waals surface area contributed by atoms with Crippen LogP contribution in [0.3, 0.4) is 0 Å². The molecule has 1 saturated heterocycles. The van der Waals surface area contributed by atoms with E-state index in [4.69, 9.17) is 0 Å². The topological polar surface area (TPSA) is 57.7 Å². The van der Waals surface area contributed by atoms with E-state index in [-0.39, 0.29) is 0 Å². The van der Waals surface area contributed by atoms with Gasteiger partial charge in [0.1, 0.15) is 5.52 Å². The summed E-state index contributed by atoms with van der Waals surface area (Å²) in [4.78, 5) is 10.9. The van der Waals surface area contributed by atoms with Gasteiger partial charge in [-0.3, -0.25) is 5.10 Å². The van der Waals surface area contributed by atoms with E-state index in [2.05, 4.69) is 32.1 Å². The molecule has 0 saturated carbocycles. The summed E-state index contributed by atoms with van der Waals surface area (Å²) in [7, 11) is 2.17. The van der Waals surface area contributed by atoms with Gasteiger partial charge in [0.2, 0.25) is 0 Å². The van der Waals surface area contributed by atoms with Crippen LogP contribution in [0.2, 0.25) is 0 Å². The monoisotopic (exact) mass is 217 g/mol. The smallest absolute Gasteiger partial charge is 0.199 e. The largest absolute Gasteiger partial charge is 0.306 e. The summed E-state index contributed by atoms with van der Waals surface area (Å²) < 4.78 is 0. The third kappa shape index (κ3) is 1.57. The van der Waals surface area contributed by atoms with E-state index in [1.165, 1.54) is 12.8 Å². The van der Waals surface area contributed by atoms with E-state index in [1.54, 1.807) is 12.4 Å². The van der Waals surface area contributed by atoms with E-state index in [1.807, 2.05) is 0 Å². The van der Waals surface area contributed by atoms with Crippen LogP contribution in [0.15, 0.2) is 12.4 Å². The molecule has 0 aromatic carbocycles. The van der Waals surface area contributed by atoms with Crippen LogP contribution in [0.1, 0.15) is 24.5 Å². The van der Waals surface area contributed by atoms with Gasteiger partial charge in [0, 0.05) is 18.3 Å². The molecule has 0 amide bonds. The summed E-state index contributed by atoms with van der Waals surface area (Å²) in [5.41, 5.74) is 2.84. The lowest BCUT2D eigenvalue weighted by atomic mass is 9.93. The van der Waals surface area contributed by atoms with Crippen molar-refractivity contribution in [3.63, 3.8) is 0 Å². The first-order chi connectivity index (χ1) is 7.84. The molecular formula is C11H15N5. The normalized spacial score (nSPS) is 19.3. The molecule has 0 atom stereocenters. The third-order valence-electron chi connectivity index (χ3n) is 3.34. The van der Waals surface area contributed by atoms with Gasteiger partial charge in [-0.2, -0.15) is 5.10 Å². The summed E-state index contributed by atoms with van der Waals surface area (Å²) in [6.07, 6.45) is 5.76. The number of hydrogen-bond donors (Lipinski definition) is 1. The second kappa shape index (κ2) is 3.83. The van der Waals surface area contributed by atoms with Crippen molar-refractivity contribution in [2.45, 2.75) is 18.8 Å². The van der Waals surface area contributed by atoms with Crippen LogP contribution in [-0.4, -0.2) is 45.2 Å². The minimum absolute atomic E-state index is 0.554. The van der Waals surface area contributed by atoms with Gasteiger partial charge >= 0.3 is 0 Å². The first-order valence-electron chi connectivity index (χ1n) is 5.68. The highest BCUT2D eigenvalue weighted by molar-refractivity contribution is 5.72. The lowest BCUT2D eigenvalue weighted by Gasteiger charge is -2.28. The van der Waals surface area contributed by atoms with Gasteiger partial charge in [-0.05, 0) is 33.0 Å². The number of aromatic nitrogens is 4. The summed E-state index contributed by atoms with van der Waals surface area (Å²) in [6.45, 7) is 2.29. The minimum Gasteiger partial charge on any atom is -0.306 e. The highest BCUT2D eigenvalue weighted by Crippen LogP contribution is 2.29. The first kappa shape index (κ1) is 9.72. The van der Waals surface area contributed by atoms with Crippen molar-refractivity contribution in [1.82, 2.24) is 25.1 Å². The Morgan fingerprint density at radius 2 is 2.00 bits per heavy atom. The summed E-state index contributed by atoms with van der Waals surface area (Å²) in [6, 6.07) is 0. The molecule has 0 unspecified atom stereocenters. The van der Waals surface area contributed by atoms with Crippen LogP contribution in [0.5, 0.6) is 0 Å². The maximum absolute atomic E-state index is 4.37. The Morgan fingerprint density at radius 1 is 1.25 bits per heavy atom. The molecule has 1 fully saturated rings. The Hall–Kier alpha value is -1.49. The Balaban J connectivity index is 1.94. The Morgan fingerprint density at radius 3 is 2.81 bits per heavy atom. The fourth-order valence-corrected chi connectivity index (χ4v) is 2.35. The van der Waals surface area contributed by atoms with Gasteiger partial charge in [-0.1, -0.05) is 0 Å². The Bertz CT molecular complexity index is 484. The second-order valence-electron chi connectivity index (χ2n) is 4.44. The van der Waals surface area contributed by atoms with Crippen molar-refractivity contribution < 1.29 is 0 Å². The molecule has 0 bridgehead atoms. The molecule has 1 N–H and O–H groups in total. The fraction of sp³-hybridized carbons (Fsp3) is 0.545. The van der Waals surface area contributed by atoms with Gasteiger partial charge in [0.25, 0.3) is 0 Å². The van der Waals surface area contributed by atoms with Gasteiger partial charge in [0.05, 0.1) is 5.69 Å². The lowest BCUT2D eigenvalue weighted by molar-refractivity contribution is 0.254. The third-order valence-corrected chi connectivity index (χ3v) is 3.34. The van der Waals surface area contributed by atoms with Crippen molar-refractivity contribution in [3.05, 3.63) is 18.1 Å². The number of aromatic amines is 1. The van der Waals surface area contributed by atoms with E-state index in [9.17, 15) is 0 Å². The summed E-state index contributed by atoms with van der Waals surface area (Å²) >= 11 is 0. The van der Waals surface area contributed by atoms with Crippen LogP contribution < -0.4 is 0 Å². The molecule has 2 aromatic rings. The van der Waals surface area contributed by atoms with Crippen molar-refractivity contribution >= 4 is 11.2 Å². The van der Waals surface area contributed by atoms with Gasteiger partial charge in [-0.15, -0.1) is 0 Å². The minimum atomic E-state index is 0.554. The number of H-pyrrole nitrogens is 1. The van der Waals surface area contributed by atoms with Crippen LogP contribution >= 0.6 is 0 Å². The lowest BCUT2D eigenvalue weighted by Crippen LogP contribution is -2.29. The average Bonchev–Trinajstić information content (AvgIpc) is 2.74. The van der Waals surface area contributed by atoms with E-state index in [0.29, 0.717) is 5.92 Å². The molecule has 5 heteroatoms. The van der Waals surface area contributed by atoms with E-state index < -0.39 is 0 Å². The average molecular weight is 217 g/mol. The first-order valence-corrected chi connectivity index (χ1v) is 5.68. The standard InChI is InChI=1S/C11H15N5/c1-16-6-2-8(3-7-16)9-10-11(15-14-9)13-5-4-12-10/h4-5,8H,2-3,6-7H2,1H3,(H,13,14,15). The molecule has 16 heavy (non-hydrogen) atoms. The Kier molecular flexibility index (Phi) is 2.32. The van der Waals surface area contributed by atoms with Gasteiger partial charge in [-0.25, -0.2) is 9.97 Å². The molecule has 5 nitrogen and oxygen atoms in total. The summed E-state index contributed by atoms with van der Waals surface area (Å²) in [5.74, 6) is 0.554. The van der Waals surface area contributed by atoms with Crippen LogP contribution in [0.25, 0.3) is 11.2 Å². The van der Waals surface area contributed by atoms with E-state index >= 15 is 0 Å². The molecule has 0 spiro atoms. The zero-order chi connectivity index (χ0) is 11.0. The highest BCUT2D eigenvalue weighted by Gasteiger charge is 2.22. The summed E-state index contributed by atoms with van der Waals surface area (Å²) in [5, 5.41) is 7.31. The second-order valence-corrected chi connectivity index (χ2v) is 4.44. The predicted octanol–water partition coefficient (Wildman–Crippen LogP) is 1.16. The number of nitrogens with one attached hydrogen (secondary N) is 1. The molecule has 2 aromatic heterocycles. The van der Waals surface area contributed by atoms with Crippen LogP contribution in [-0.2, 0) is 0 Å². The van der Waals surface area contributed by atoms with Crippen molar-refractivity contribution in [2.24, 2.45) is 0 Å². The Labute approximate surface area is 93.9 Å². The molecule has 1 aliphatic rings. The van der Waals surface area contributed by atoms with Gasteiger partial charge < -0.3 is 4.90 Å². The van der Waals surface area contributed by atoms with Gasteiger partial charge in [0.15, 0.2) is 5.65 Å². The number of nitrogens with zero attached hydrogens (tertiary/aromatic N) is 4.